The summed E-state index contributed by atoms with van der Waals surface area (Å²) in [4.78, 5) is 2.50. The molecule has 0 bridgehead atoms. The molecule has 1 aromatic rings. The van der Waals surface area contributed by atoms with Crippen LogP contribution < -0.4 is 5.73 Å². The molecule has 0 radical (unpaired) electrons. The summed E-state index contributed by atoms with van der Waals surface area (Å²) >= 11 is 0. The highest BCUT2D eigenvalue weighted by molar-refractivity contribution is 5.15. The van der Waals surface area contributed by atoms with Gasteiger partial charge in [0.15, 0.2) is 0 Å². The van der Waals surface area contributed by atoms with Gasteiger partial charge >= 0.3 is 0 Å². The second-order valence-corrected chi connectivity index (χ2v) is 5.10. The number of benzene rings is 1. The van der Waals surface area contributed by atoms with Crippen molar-refractivity contribution in [2.24, 2.45) is 11.7 Å². The summed E-state index contributed by atoms with van der Waals surface area (Å²) < 4.78 is 0. The third-order valence-electron chi connectivity index (χ3n) is 3.34. The van der Waals surface area contributed by atoms with Crippen molar-refractivity contribution in [2.75, 3.05) is 19.6 Å². The van der Waals surface area contributed by atoms with Crippen molar-refractivity contribution in [3.63, 3.8) is 0 Å². The van der Waals surface area contributed by atoms with E-state index in [9.17, 15) is 0 Å². The lowest BCUT2D eigenvalue weighted by Crippen LogP contribution is -2.37. The summed E-state index contributed by atoms with van der Waals surface area (Å²) in [7, 11) is 0. The lowest BCUT2D eigenvalue weighted by Gasteiger charge is -2.20. The predicted octanol–water partition coefficient (Wildman–Crippen LogP) is 1.90. The molecule has 1 aromatic carbocycles. The summed E-state index contributed by atoms with van der Waals surface area (Å²) in [6, 6.07) is 10.8. The molecule has 0 amide bonds. The lowest BCUT2D eigenvalue weighted by atomic mass is 10.1. The third kappa shape index (κ3) is 3.32. The topological polar surface area (TPSA) is 29.3 Å². The fraction of sp³-hybridized carbons (Fsp3) is 0.571. The largest absolute Gasteiger partial charge is 0.326 e. The van der Waals surface area contributed by atoms with Crippen molar-refractivity contribution in [1.29, 1.82) is 0 Å². The molecule has 2 N–H and O–H groups in total. The molecular formula is C14H22N2. The molecule has 2 rings (SSSR count). The predicted molar refractivity (Wildman–Crippen MR) is 68.3 cm³/mol. The molecule has 88 valence electrons. The Morgan fingerprint density at radius 2 is 2.12 bits per heavy atom. The van der Waals surface area contributed by atoms with Crippen LogP contribution in [0.25, 0.3) is 0 Å². The monoisotopic (exact) mass is 218 g/mol. The van der Waals surface area contributed by atoms with Crippen LogP contribution >= 0.6 is 0 Å². The van der Waals surface area contributed by atoms with Crippen LogP contribution in [0.5, 0.6) is 0 Å². The first-order valence-electron chi connectivity index (χ1n) is 6.26. The smallest absolute Gasteiger partial charge is 0.0208 e. The van der Waals surface area contributed by atoms with Gasteiger partial charge in [0.1, 0.15) is 0 Å². The average Bonchev–Trinajstić information content (AvgIpc) is 2.65. The van der Waals surface area contributed by atoms with Crippen LogP contribution in [-0.2, 0) is 6.42 Å². The van der Waals surface area contributed by atoms with Crippen LogP contribution in [-0.4, -0.2) is 30.6 Å². The van der Waals surface area contributed by atoms with E-state index >= 15 is 0 Å². The lowest BCUT2D eigenvalue weighted by molar-refractivity contribution is 0.304. The summed E-state index contributed by atoms with van der Waals surface area (Å²) in [5.41, 5.74) is 7.54. The van der Waals surface area contributed by atoms with Gasteiger partial charge in [-0.15, -0.1) is 0 Å². The van der Waals surface area contributed by atoms with E-state index in [4.69, 9.17) is 5.73 Å². The van der Waals surface area contributed by atoms with Gasteiger partial charge in [0.25, 0.3) is 0 Å². The Morgan fingerprint density at radius 3 is 2.75 bits per heavy atom. The summed E-state index contributed by atoms with van der Waals surface area (Å²) in [5.74, 6) is 0.851. The first kappa shape index (κ1) is 11.6. The Morgan fingerprint density at radius 1 is 1.38 bits per heavy atom. The molecule has 16 heavy (non-hydrogen) atoms. The van der Waals surface area contributed by atoms with Gasteiger partial charge in [0.05, 0.1) is 0 Å². The zero-order valence-electron chi connectivity index (χ0n) is 10.1. The second kappa shape index (κ2) is 5.46. The molecular weight excluding hydrogens is 196 g/mol. The van der Waals surface area contributed by atoms with Gasteiger partial charge in [-0.3, -0.25) is 0 Å². The van der Waals surface area contributed by atoms with Crippen molar-refractivity contribution in [3.8, 4) is 0 Å². The maximum absolute atomic E-state index is 6.19. The molecule has 1 aliphatic rings. The Balaban J connectivity index is 1.78. The van der Waals surface area contributed by atoms with E-state index in [2.05, 4.69) is 42.2 Å². The van der Waals surface area contributed by atoms with E-state index in [1.54, 1.807) is 0 Å². The van der Waals surface area contributed by atoms with Crippen molar-refractivity contribution < 1.29 is 0 Å². The highest BCUT2D eigenvalue weighted by Gasteiger charge is 2.20. The van der Waals surface area contributed by atoms with Gasteiger partial charge in [-0.25, -0.2) is 0 Å². The van der Waals surface area contributed by atoms with Gasteiger partial charge in [-0.1, -0.05) is 37.3 Å². The number of nitrogens with two attached hydrogens (primary N) is 1. The Hall–Kier alpha value is -0.860. The number of hydrogen-bond donors (Lipinski definition) is 1. The maximum atomic E-state index is 6.19. The fourth-order valence-electron chi connectivity index (χ4n) is 2.51. The normalized spacial score (nSPS) is 23.5. The van der Waals surface area contributed by atoms with Crippen molar-refractivity contribution in [1.82, 2.24) is 4.90 Å². The zero-order valence-corrected chi connectivity index (χ0v) is 10.1. The van der Waals surface area contributed by atoms with Crippen LogP contribution in [0.1, 0.15) is 18.9 Å². The molecule has 1 aliphatic heterocycles. The molecule has 0 aliphatic carbocycles. The third-order valence-corrected chi connectivity index (χ3v) is 3.34. The van der Waals surface area contributed by atoms with Gasteiger partial charge in [0.2, 0.25) is 0 Å². The van der Waals surface area contributed by atoms with Gasteiger partial charge in [-0.05, 0) is 30.9 Å². The SMILES string of the molecule is CC1CCN(CC(N)Cc2ccccc2)C1. The minimum Gasteiger partial charge on any atom is -0.326 e. The number of likely N-dealkylation sites (tertiary alicyclic amines) is 1. The molecule has 0 saturated carbocycles. The standard InChI is InChI=1S/C14H22N2/c1-12-7-8-16(10-12)11-14(15)9-13-5-3-2-4-6-13/h2-6,12,14H,7-11,15H2,1H3. The van der Waals surface area contributed by atoms with Gasteiger partial charge in [-0.2, -0.15) is 0 Å². The number of rotatable bonds is 4. The van der Waals surface area contributed by atoms with E-state index in [1.165, 1.54) is 25.1 Å². The van der Waals surface area contributed by atoms with Crippen LogP contribution in [0.2, 0.25) is 0 Å². The number of hydrogen-bond acceptors (Lipinski definition) is 2. The minimum atomic E-state index is 0.271. The second-order valence-electron chi connectivity index (χ2n) is 5.10. The van der Waals surface area contributed by atoms with E-state index < -0.39 is 0 Å². The molecule has 1 fully saturated rings. The fourth-order valence-corrected chi connectivity index (χ4v) is 2.51. The van der Waals surface area contributed by atoms with Crippen LogP contribution in [0, 0.1) is 5.92 Å². The van der Waals surface area contributed by atoms with Crippen LogP contribution in [0.3, 0.4) is 0 Å². The van der Waals surface area contributed by atoms with Gasteiger partial charge < -0.3 is 10.6 Å². The van der Waals surface area contributed by atoms with Gasteiger partial charge in [0, 0.05) is 19.1 Å². The number of nitrogens with zero attached hydrogens (tertiary/aromatic N) is 1. The molecule has 2 nitrogen and oxygen atoms in total. The van der Waals surface area contributed by atoms with Crippen molar-refractivity contribution in [2.45, 2.75) is 25.8 Å². The molecule has 1 heterocycles. The Bertz CT molecular complexity index is 310. The first-order chi connectivity index (χ1) is 7.74. The minimum absolute atomic E-state index is 0.271. The Kier molecular flexibility index (Phi) is 3.97. The molecule has 1 saturated heterocycles. The average molecular weight is 218 g/mol. The highest BCUT2D eigenvalue weighted by atomic mass is 15.2. The van der Waals surface area contributed by atoms with E-state index in [0.29, 0.717) is 0 Å². The summed E-state index contributed by atoms with van der Waals surface area (Å²) in [6.45, 7) is 5.81. The van der Waals surface area contributed by atoms with E-state index in [1.807, 2.05) is 0 Å². The highest BCUT2D eigenvalue weighted by Crippen LogP contribution is 2.15. The van der Waals surface area contributed by atoms with E-state index in [0.717, 1.165) is 18.9 Å². The molecule has 0 spiro atoms. The van der Waals surface area contributed by atoms with Crippen LogP contribution in [0.4, 0.5) is 0 Å². The molecule has 0 aromatic heterocycles. The zero-order chi connectivity index (χ0) is 11.4. The summed E-state index contributed by atoms with van der Waals surface area (Å²) in [6.07, 6.45) is 2.32. The van der Waals surface area contributed by atoms with Crippen molar-refractivity contribution >= 4 is 0 Å². The first-order valence-corrected chi connectivity index (χ1v) is 6.26. The maximum Gasteiger partial charge on any atom is 0.0208 e. The van der Waals surface area contributed by atoms with E-state index in [-0.39, 0.29) is 6.04 Å². The summed E-state index contributed by atoms with van der Waals surface area (Å²) in [5, 5.41) is 0. The van der Waals surface area contributed by atoms with Crippen molar-refractivity contribution in [3.05, 3.63) is 35.9 Å². The molecule has 2 heteroatoms. The van der Waals surface area contributed by atoms with Crippen LogP contribution in [0.15, 0.2) is 30.3 Å². The Labute approximate surface area is 98.4 Å². The molecule has 2 unspecified atom stereocenters. The molecule has 2 atom stereocenters. The quantitative estimate of drug-likeness (QED) is 0.836.